The molecule has 0 aliphatic carbocycles. The lowest BCUT2D eigenvalue weighted by Crippen LogP contribution is -2.30. The lowest BCUT2D eigenvalue weighted by Gasteiger charge is -2.28. The smallest absolute Gasteiger partial charge is 0.319 e. The van der Waals surface area contributed by atoms with E-state index in [0.29, 0.717) is 0 Å². The molecule has 1 N–H and O–H groups in total. The Kier molecular flexibility index (Phi) is 3.39. The summed E-state index contributed by atoms with van der Waals surface area (Å²) in [5, 5.41) is 3.23. The van der Waals surface area contributed by atoms with Crippen molar-refractivity contribution in [2.24, 2.45) is 0 Å². The van der Waals surface area contributed by atoms with Gasteiger partial charge in [0.1, 0.15) is 11.5 Å². The average Bonchev–Trinajstić information content (AvgIpc) is 2.51. The molecule has 0 unspecified atom stereocenters. The van der Waals surface area contributed by atoms with Crippen molar-refractivity contribution in [1.82, 2.24) is 5.32 Å². The molecule has 1 aliphatic rings. The molecule has 4 heteroatoms. The maximum Gasteiger partial charge on any atom is 0.319 e. The Bertz CT molecular complexity index is 594. The molecule has 4 nitrogen and oxygen atoms in total. The zero-order valence-corrected chi connectivity index (χ0v) is 11.1. The van der Waals surface area contributed by atoms with Crippen LogP contribution in [0.4, 0.5) is 0 Å². The van der Waals surface area contributed by atoms with E-state index in [-0.39, 0.29) is 18.6 Å². The van der Waals surface area contributed by atoms with Crippen LogP contribution in [0.15, 0.2) is 48.5 Å². The van der Waals surface area contributed by atoms with Crippen LogP contribution < -0.4 is 10.1 Å². The Morgan fingerprint density at radius 3 is 2.20 bits per heavy atom. The number of hydrogen-bond acceptors (Lipinski definition) is 4. The Balaban J connectivity index is 1.97. The van der Waals surface area contributed by atoms with Gasteiger partial charge in [-0.25, -0.2) is 0 Å². The Labute approximate surface area is 117 Å². The van der Waals surface area contributed by atoms with Gasteiger partial charge in [-0.15, -0.1) is 0 Å². The average molecular weight is 269 g/mol. The molecule has 0 saturated heterocycles. The van der Waals surface area contributed by atoms with Gasteiger partial charge in [0.15, 0.2) is 0 Å². The number of fused-ring (bicyclic) bond motifs is 2. The van der Waals surface area contributed by atoms with Crippen LogP contribution >= 0.6 is 0 Å². The Morgan fingerprint density at radius 1 is 1.10 bits per heavy atom. The van der Waals surface area contributed by atoms with Gasteiger partial charge in [-0.2, -0.15) is 0 Å². The summed E-state index contributed by atoms with van der Waals surface area (Å²) in [7, 11) is 1.38. The highest BCUT2D eigenvalue weighted by molar-refractivity contribution is 5.71. The fourth-order valence-electron chi connectivity index (χ4n) is 2.39. The second-order valence-electron chi connectivity index (χ2n) is 4.57. The molecule has 20 heavy (non-hydrogen) atoms. The molecule has 0 atom stereocenters. The molecular formula is C16H15NO3. The first-order valence-electron chi connectivity index (χ1n) is 6.45. The number of rotatable bonds is 3. The lowest BCUT2D eigenvalue weighted by molar-refractivity contribution is -0.139. The van der Waals surface area contributed by atoms with Gasteiger partial charge in [0.05, 0.1) is 19.7 Å². The van der Waals surface area contributed by atoms with Crippen molar-refractivity contribution < 1.29 is 14.3 Å². The minimum absolute atomic E-state index is 0.0738. The highest BCUT2D eigenvalue weighted by Crippen LogP contribution is 2.42. The number of methoxy groups -OCH3 is 1. The molecule has 0 radical (unpaired) electrons. The molecule has 0 aromatic heterocycles. The normalized spacial score (nSPS) is 13.1. The van der Waals surface area contributed by atoms with E-state index in [2.05, 4.69) is 10.1 Å². The summed E-state index contributed by atoms with van der Waals surface area (Å²) in [5.41, 5.74) is 2.05. The first-order valence-corrected chi connectivity index (χ1v) is 6.45. The summed E-state index contributed by atoms with van der Waals surface area (Å²) >= 11 is 0. The summed E-state index contributed by atoms with van der Waals surface area (Å²) in [6.45, 7) is 0.157. The third-order valence-corrected chi connectivity index (χ3v) is 3.36. The fourth-order valence-corrected chi connectivity index (χ4v) is 2.39. The first kappa shape index (κ1) is 12.7. The lowest BCUT2D eigenvalue weighted by atomic mass is 9.94. The monoisotopic (exact) mass is 269 g/mol. The molecule has 1 aliphatic heterocycles. The van der Waals surface area contributed by atoms with E-state index in [1.807, 2.05) is 48.5 Å². The number of carbonyl (C=O) groups is 1. The predicted molar refractivity (Wildman–Crippen MR) is 74.8 cm³/mol. The van der Waals surface area contributed by atoms with Gasteiger partial charge in [0, 0.05) is 11.1 Å². The van der Waals surface area contributed by atoms with Crippen LogP contribution in [0.2, 0.25) is 0 Å². The van der Waals surface area contributed by atoms with E-state index in [1.165, 1.54) is 7.11 Å². The Morgan fingerprint density at radius 2 is 1.65 bits per heavy atom. The number of ether oxygens (including phenoxy) is 2. The molecule has 3 rings (SSSR count). The van der Waals surface area contributed by atoms with Crippen molar-refractivity contribution in [3.8, 4) is 11.5 Å². The second-order valence-corrected chi connectivity index (χ2v) is 4.57. The van der Waals surface area contributed by atoms with Crippen molar-refractivity contribution in [2.75, 3.05) is 13.7 Å². The van der Waals surface area contributed by atoms with E-state index in [1.54, 1.807) is 0 Å². The van der Waals surface area contributed by atoms with E-state index >= 15 is 0 Å². The van der Waals surface area contributed by atoms with Gasteiger partial charge in [-0.1, -0.05) is 36.4 Å². The van der Waals surface area contributed by atoms with Crippen molar-refractivity contribution in [3.63, 3.8) is 0 Å². The van der Waals surface area contributed by atoms with E-state index in [9.17, 15) is 4.79 Å². The second kappa shape index (κ2) is 5.35. The van der Waals surface area contributed by atoms with Crippen LogP contribution in [-0.4, -0.2) is 19.6 Å². The van der Waals surface area contributed by atoms with Crippen molar-refractivity contribution in [1.29, 1.82) is 0 Å². The quantitative estimate of drug-likeness (QED) is 0.870. The van der Waals surface area contributed by atoms with Crippen LogP contribution in [0.1, 0.15) is 17.2 Å². The predicted octanol–water partition coefficient (Wildman–Crippen LogP) is 2.64. The molecular weight excluding hydrogens is 254 g/mol. The molecule has 0 fully saturated rings. The van der Waals surface area contributed by atoms with Crippen LogP contribution in [0, 0.1) is 0 Å². The van der Waals surface area contributed by atoms with Gasteiger partial charge >= 0.3 is 5.97 Å². The van der Waals surface area contributed by atoms with Crippen molar-refractivity contribution in [3.05, 3.63) is 59.7 Å². The number of esters is 1. The van der Waals surface area contributed by atoms with Crippen LogP contribution in [0.5, 0.6) is 11.5 Å². The molecule has 2 aromatic carbocycles. The molecule has 0 amide bonds. The third-order valence-electron chi connectivity index (χ3n) is 3.36. The van der Waals surface area contributed by atoms with Gasteiger partial charge in [0.2, 0.25) is 0 Å². The van der Waals surface area contributed by atoms with Crippen LogP contribution in [0.25, 0.3) is 0 Å². The number of nitrogens with one attached hydrogen (secondary N) is 1. The van der Waals surface area contributed by atoms with Gasteiger partial charge in [0.25, 0.3) is 0 Å². The molecule has 0 spiro atoms. The molecule has 2 aromatic rings. The van der Waals surface area contributed by atoms with Gasteiger partial charge in [-0.05, 0) is 12.1 Å². The van der Waals surface area contributed by atoms with Gasteiger partial charge < -0.3 is 9.47 Å². The highest BCUT2D eigenvalue weighted by Gasteiger charge is 2.26. The molecule has 102 valence electrons. The highest BCUT2D eigenvalue weighted by atomic mass is 16.5. The minimum Gasteiger partial charge on any atom is -0.468 e. The summed E-state index contributed by atoms with van der Waals surface area (Å²) in [4.78, 5) is 11.4. The number of hydrogen-bond donors (Lipinski definition) is 1. The fraction of sp³-hybridized carbons (Fsp3) is 0.188. The number of carbonyl (C=O) groups excluding carboxylic acids is 1. The zero-order chi connectivity index (χ0) is 13.9. The first-order chi connectivity index (χ1) is 9.79. The number of benzene rings is 2. The van der Waals surface area contributed by atoms with E-state index < -0.39 is 0 Å². The summed E-state index contributed by atoms with van der Waals surface area (Å²) in [6.07, 6.45) is 0. The SMILES string of the molecule is COC(=O)CNC1c2ccccc2Oc2ccccc21. The third kappa shape index (κ3) is 2.26. The minimum atomic E-state index is -0.286. The van der Waals surface area contributed by atoms with E-state index in [0.717, 1.165) is 22.6 Å². The summed E-state index contributed by atoms with van der Waals surface area (Å²) < 4.78 is 10.6. The standard InChI is InChI=1S/C16H15NO3/c1-19-15(18)10-17-16-11-6-2-4-8-13(11)20-14-9-5-3-7-12(14)16/h2-9,16-17H,10H2,1H3. The molecule has 0 bridgehead atoms. The van der Waals surface area contributed by atoms with Crippen molar-refractivity contribution in [2.45, 2.75) is 6.04 Å². The van der Waals surface area contributed by atoms with E-state index in [4.69, 9.17) is 4.74 Å². The zero-order valence-electron chi connectivity index (χ0n) is 11.1. The van der Waals surface area contributed by atoms with Crippen LogP contribution in [0.3, 0.4) is 0 Å². The number of para-hydroxylation sites is 2. The summed E-state index contributed by atoms with van der Waals surface area (Å²) in [5.74, 6) is 1.34. The molecule has 1 heterocycles. The van der Waals surface area contributed by atoms with Crippen molar-refractivity contribution >= 4 is 5.97 Å². The topological polar surface area (TPSA) is 47.6 Å². The van der Waals surface area contributed by atoms with Crippen LogP contribution in [-0.2, 0) is 9.53 Å². The molecule has 0 saturated carbocycles. The maximum absolute atomic E-state index is 11.4. The Hall–Kier alpha value is -2.33. The van der Waals surface area contributed by atoms with Gasteiger partial charge in [-0.3, -0.25) is 10.1 Å². The summed E-state index contributed by atoms with van der Waals surface area (Å²) in [6, 6.07) is 15.6. The largest absolute Gasteiger partial charge is 0.468 e. The maximum atomic E-state index is 11.4.